The van der Waals surface area contributed by atoms with Crippen LogP contribution >= 0.6 is 23.1 Å². The monoisotopic (exact) mass is 355 g/mol. The number of ether oxygens (including phenoxy) is 1. The number of benzene rings is 2. The molecule has 1 heterocycles. The van der Waals surface area contributed by atoms with Crippen LogP contribution in [0.1, 0.15) is 0 Å². The molecular weight excluding hydrogens is 338 g/mol. The van der Waals surface area contributed by atoms with Crippen molar-refractivity contribution in [3.63, 3.8) is 0 Å². The number of rotatable bonds is 7. The van der Waals surface area contributed by atoms with Gasteiger partial charge in [0.15, 0.2) is 0 Å². The summed E-state index contributed by atoms with van der Waals surface area (Å²) in [5.41, 5.74) is 4.97. The highest BCUT2D eigenvalue weighted by molar-refractivity contribution is 7.99. The standard InChI is InChI=1S/C18H17N3OS2/c1-22-15-9-7-14(8-10-15)17-13-24-18(20-17)21-19-11-12-23-16-5-3-2-4-6-16/h2-11,13H,12H2,1H3,(H,20,21)/b19-11+. The number of hydrogen-bond acceptors (Lipinski definition) is 6. The Hall–Kier alpha value is -2.31. The number of methoxy groups -OCH3 is 1. The molecule has 0 aliphatic rings. The normalized spacial score (nSPS) is 10.9. The minimum atomic E-state index is 0.779. The van der Waals surface area contributed by atoms with Gasteiger partial charge in [-0.25, -0.2) is 4.98 Å². The number of aromatic nitrogens is 1. The molecule has 0 spiro atoms. The fourth-order valence-corrected chi connectivity index (χ4v) is 3.37. The summed E-state index contributed by atoms with van der Waals surface area (Å²) in [6.45, 7) is 0. The first-order valence-corrected chi connectivity index (χ1v) is 9.27. The highest BCUT2D eigenvalue weighted by Crippen LogP contribution is 2.26. The van der Waals surface area contributed by atoms with Gasteiger partial charge in [0.1, 0.15) is 5.75 Å². The Morgan fingerprint density at radius 2 is 1.96 bits per heavy atom. The quantitative estimate of drug-likeness (QED) is 0.368. The molecule has 0 saturated heterocycles. The van der Waals surface area contributed by atoms with E-state index in [1.165, 1.54) is 16.2 Å². The topological polar surface area (TPSA) is 46.5 Å². The highest BCUT2D eigenvalue weighted by atomic mass is 32.2. The Bertz CT molecular complexity index is 786. The number of hydrogen-bond donors (Lipinski definition) is 1. The van der Waals surface area contributed by atoms with E-state index >= 15 is 0 Å². The Kier molecular flexibility index (Phi) is 5.87. The second kappa shape index (κ2) is 8.52. The zero-order valence-electron chi connectivity index (χ0n) is 13.2. The van der Waals surface area contributed by atoms with Crippen LogP contribution in [0.5, 0.6) is 5.75 Å². The maximum atomic E-state index is 5.17. The van der Waals surface area contributed by atoms with E-state index in [1.807, 2.05) is 54.1 Å². The van der Waals surface area contributed by atoms with Crippen molar-refractivity contribution in [2.45, 2.75) is 4.90 Å². The molecule has 0 bridgehead atoms. The minimum Gasteiger partial charge on any atom is -0.497 e. The first-order chi connectivity index (χ1) is 11.8. The smallest absolute Gasteiger partial charge is 0.203 e. The van der Waals surface area contributed by atoms with E-state index in [0.717, 1.165) is 27.9 Å². The SMILES string of the molecule is COc1ccc(-c2csc(N/N=C/CSc3ccccc3)n2)cc1. The van der Waals surface area contributed by atoms with Gasteiger partial charge in [0.25, 0.3) is 0 Å². The first kappa shape index (κ1) is 16.5. The summed E-state index contributed by atoms with van der Waals surface area (Å²) >= 11 is 3.28. The Morgan fingerprint density at radius 3 is 2.71 bits per heavy atom. The van der Waals surface area contributed by atoms with Crippen molar-refractivity contribution >= 4 is 34.4 Å². The van der Waals surface area contributed by atoms with E-state index in [2.05, 4.69) is 27.6 Å². The van der Waals surface area contributed by atoms with Gasteiger partial charge in [0.05, 0.1) is 12.8 Å². The van der Waals surface area contributed by atoms with Crippen molar-refractivity contribution < 1.29 is 4.74 Å². The van der Waals surface area contributed by atoms with Crippen LogP contribution in [0, 0.1) is 0 Å². The number of anilines is 1. The van der Waals surface area contributed by atoms with Gasteiger partial charge in [0.2, 0.25) is 5.13 Å². The summed E-state index contributed by atoms with van der Waals surface area (Å²) in [4.78, 5) is 5.77. The lowest BCUT2D eigenvalue weighted by Crippen LogP contribution is -1.90. The zero-order chi connectivity index (χ0) is 16.6. The van der Waals surface area contributed by atoms with Gasteiger partial charge in [0, 0.05) is 27.8 Å². The summed E-state index contributed by atoms with van der Waals surface area (Å²) in [6, 6.07) is 18.1. The minimum absolute atomic E-state index is 0.779. The van der Waals surface area contributed by atoms with Gasteiger partial charge in [-0.15, -0.1) is 23.1 Å². The molecule has 0 atom stereocenters. The van der Waals surface area contributed by atoms with Crippen LogP contribution in [0.25, 0.3) is 11.3 Å². The number of nitrogens with one attached hydrogen (secondary N) is 1. The van der Waals surface area contributed by atoms with Crippen molar-refractivity contribution in [2.75, 3.05) is 18.3 Å². The number of thioether (sulfide) groups is 1. The molecule has 0 aliphatic carbocycles. The van der Waals surface area contributed by atoms with Crippen molar-refractivity contribution in [3.05, 3.63) is 60.0 Å². The highest BCUT2D eigenvalue weighted by Gasteiger charge is 2.04. The molecule has 1 N–H and O–H groups in total. The second-order valence-corrected chi connectivity index (χ2v) is 6.77. The molecule has 6 heteroatoms. The molecule has 2 aromatic carbocycles. The second-order valence-electron chi connectivity index (χ2n) is 4.81. The summed E-state index contributed by atoms with van der Waals surface area (Å²) in [7, 11) is 1.66. The maximum absolute atomic E-state index is 5.17. The van der Waals surface area contributed by atoms with Gasteiger partial charge in [-0.05, 0) is 36.4 Å². The lowest BCUT2D eigenvalue weighted by molar-refractivity contribution is 0.415. The summed E-state index contributed by atoms with van der Waals surface area (Å²) in [6.07, 6.45) is 1.85. The van der Waals surface area contributed by atoms with Crippen LogP contribution in [-0.4, -0.2) is 24.1 Å². The molecular formula is C18H17N3OS2. The van der Waals surface area contributed by atoms with Gasteiger partial charge >= 0.3 is 0 Å². The van der Waals surface area contributed by atoms with Gasteiger partial charge in [-0.2, -0.15) is 5.10 Å². The molecule has 0 saturated carbocycles. The van der Waals surface area contributed by atoms with Crippen molar-refractivity contribution in [2.24, 2.45) is 5.10 Å². The van der Waals surface area contributed by atoms with Crippen LogP contribution in [0.4, 0.5) is 5.13 Å². The molecule has 122 valence electrons. The third-order valence-electron chi connectivity index (χ3n) is 3.21. The summed E-state index contributed by atoms with van der Waals surface area (Å²) in [5.74, 6) is 1.65. The average Bonchev–Trinajstić information content (AvgIpc) is 3.11. The Labute approximate surface area is 149 Å². The van der Waals surface area contributed by atoms with Gasteiger partial charge in [-0.1, -0.05) is 18.2 Å². The van der Waals surface area contributed by atoms with Crippen LogP contribution in [0.15, 0.2) is 70.0 Å². The zero-order valence-corrected chi connectivity index (χ0v) is 14.8. The van der Waals surface area contributed by atoms with E-state index in [-0.39, 0.29) is 0 Å². The van der Waals surface area contributed by atoms with Crippen LogP contribution in [0.2, 0.25) is 0 Å². The van der Waals surface area contributed by atoms with Gasteiger partial charge < -0.3 is 4.74 Å². The molecule has 1 aromatic heterocycles. The van der Waals surface area contributed by atoms with E-state index in [1.54, 1.807) is 18.9 Å². The predicted octanol–water partition coefficient (Wildman–Crippen LogP) is 5.01. The average molecular weight is 355 g/mol. The van der Waals surface area contributed by atoms with E-state index in [9.17, 15) is 0 Å². The maximum Gasteiger partial charge on any atom is 0.203 e. The third-order valence-corrected chi connectivity index (χ3v) is 4.88. The summed E-state index contributed by atoms with van der Waals surface area (Å²) < 4.78 is 5.17. The fourth-order valence-electron chi connectivity index (χ4n) is 2.01. The molecule has 3 aromatic rings. The van der Waals surface area contributed by atoms with Crippen molar-refractivity contribution in [3.8, 4) is 17.0 Å². The molecule has 0 fully saturated rings. The van der Waals surface area contributed by atoms with Crippen LogP contribution in [0.3, 0.4) is 0 Å². The number of nitrogens with zero attached hydrogens (tertiary/aromatic N) is 2. The first-order valence-electron chi connectivity index (χ1n) is 7.40. The van der Waals surface area contributed by atoms with Gasteiger partial charge in [-0.3, -0.25) is 5.43 Å². The molecule has 0 radical (unpaired) electrons. The largest absolute Gasteiger partial charge is 0.497 e. The number of thiazole rings is 1. The van der Waals surface area contributed by atoms with Crippen LogP contribution in [-0.2, 0) is 0 Å². The van der Waals surface area contributed by atoms with Crippen molar-refractivity contribution in [1.29, 1.82) is 0 Å². The van der Waals surface area contributed by atoms with E-state index in [0.29, 0.717) is 0 Å². The fraction of sp³-hybridized carbons (Fsp3) is 0.111. The molecule has 0 unspecified atom stereocenters. The lowest BCUT2D eigenvalue weighted by Gasteiger charge is -2.00. The molecule has 4 nitrogen and oxygen atoms in total. The Balaban J connectivity index is 1.51. The number of hydrazone groups is 1. The molecule has 24 heavy (non-hydrogen) atoms. The lowest BCUT2D eigenvalue weighted by atomic mass is 10.2. The molecule has 0 aliphatic heterocycles. The molecule has 3 rings (SSSR count). The van der Waals surface area contributed by atoms with Crippen LogP contribution < -0.4 is 10.2 Å². The molecule has 0 amide bonds. The third kappa shape index (κ3) is 4.59. The summed E-state index contributed by atoms with van der Waals surface area (Å²) in [5, 5.41) is 7.01. The van der Waals surface area contributed by atoms with E-state index < -0.39 is 0 Å². The Morgan fingerprint density at radius 1 is 1.17 bits per heavy atom. The predicted molar refractivity (Wildman–Crippen MR) is 103 cm³/mol. The van der Waals surface area contributed by atoms with E-state index in [4.69, 9.17) is 4.74 Å². The van der Waals surface area contributed by atoms with Crippen molar-refractivity contribution in [1.82, 2.24) is 4.98 Å².